The normalized spacial score (nSPS) is 12.4. The van der Waals surface area contributed by atoms with Crippen molar-refractivity contribution in [1.29, 1.82) is 0 Å². The number of rotatable bonds is 3. The van der Waals surface area contributed by atoms with E-state index in [0.717, 1.165) is 21.2 Å². The molecule has 0 bridgehead atoms. The summed E-state index contributed by atoms with van der Waals surface area (Å²) in [6.45, 7) is 2.00. The van der Waals surface area contributed by atoms with Gasteiger partial charge in [-0.25, -0.2) is 10.4 Å². The average Bonchev–Trinajstić information content (AvgIpc) is 2.35. The lowest BCUT2D eigenvalue weighted by Crippen LogP contribution is -2.30. The highest BCUT2D eigenvalue weighted by Gasteiger charge is 2.17. The highest BCUT2D eigenvalue weighted by molar-refractivity contribution is 9.10. The van der Waals surface area contributed by atoms with E-state index in [-0.39, 0.29) is 6.04 Å². The molecule has 1 atom stereocenters. The molecule has 1 aromatic heterocycles. The summed E-state index contributed by atoms with van der Waals surface area (Å²) in [5.41, 5.74) is 11.8. The first-order chi connectivity index (χ1) is 8.63. The molecule has 5 N–H and O–H groups in total. The van der Waals surface area contributed by atoms with Gasteiger partial charge in [-0.15, -0.1) is 0 Å². The van der Waals surface area contributed by atoms with Crippen molar-refractivity contribution in [2.45, 2.75) is 13.0 Å². The molecule has 0 saturated carbocycles. The number of hydrogen-bond acceptors (Lipinski definition) is 4. The van der Waals surface area contributed by atoms with Crippen molar-refractivity contribution in [2.24, 2.45) is 5.84 Å². The van der Waals surface area contributed by atoms with Gasteiger partial charge in [0.15, 0.2) is 0 Å². The van der Waals surface area contributed by atoms with Gasteiger partial charge in [-0.3, -0.25) is 5.84 Å². The Kier molecular flexibility index (Phi) is 3.96. The highest BCUT2D eigenvalue weighted by atomic mass is 79.9. The van der Waals surface area contributed by atoms with Crippen LogP contribution < -0.4 is 17.0 Å². The van der Waals surface area contributed by atoms with Crippen molar-refractivity contribution < 1.29 is 0 Å². The first-order valence-corrected chi connectivity index (χ1v) is 6.35. The molecular formula is C13H15BrN4. The van der Waals surface area contributed by atoms with Gasteiger partial charge in [0.25, 0.3) is 0 Å². The Morgan fingerprint density at radius 1 is 1.22 bits per heavy atom. The zero-order valence-electron chi connectivity index (χ0n) is 10.0. The fourth-order valence-electron chi connectivity index (χ4n) is 1.97. The predicted octanol–water partition coefficient (Wildman–Crippen LogP) is 2.29. The molecule has 0 aliphatic carbocycles. The van der Waals surface area contributed by atoms with Crippen molar-refractivity contribution in [3.63, 3.8) is 0 Å². The highest BCUT2D eigenvalue weighted by Crippen LogP contribution is 2.28. The molecule has 0 radical (unpaired) electrons. The Bertz CT molecular complexity index is 519. The summed E-state index contributed by atoms with van der Waals surface area (Å²) in [7, 11) is 0. The van der Waals surface area contributed by atoms with Crippen molar-refractivity contribution in [2.75, 3.05) is 5.73 Å². The van der Waals surface area contributed by atoms with Crippen LogP contribution in [-0.4, -0.2) is 4.98 Å². The van der Waals surface area contributed by atoms with E-state index in [2.05, 4.69) is 26.3 Å². The van der Waals surface area contributed by atoms with E-state index in [1.165, 1.54) is 0 Å². The van der Waals surface area contributed by atoms with Crippen LogP contribution in [0.1, 0.15) is 22.7 Å². The third-order valence-corrected chi connectivity index (χ3v) is 3.43. The SMILES string of the molecule is Cc1ccnc(N)c1C(NN)c1ccc(Br)cc1. The van der Waals surface area contributed by atoms with Gasteiger partial charge in [-0.2, -0.15) is 0 Å². The van der Waals surface area contributed by atoms with Crippen LogP contribution in [0.5, 0.6) is 0 Å². The van der Waals surface area contributed by atoms with Gasteiger partial charge in [-0.1, -0.05) is 28.1 Å². The maximum Gasteiger partial charge on any atom is 0.128 e. The van der Waals surface area contributed by atoms with E-state index in [0.29, 0.717) is 5.82 Å². The molecule has 0 aliphatic heterocycles. The number of benzene rings is 1. The van der Waals surface area contributed by atoms with Gasteiger partial charge in [0.1, 0.15) is 5.82 Å². The number of halogens is 1. The fourth-order valence-corrected chi connectivity index (χ4v) is 2.23. The summed E-state index contributed by atoms with van der Waals surface area (Å²) in [4.78, 5) is 4.12. The van der Waals surface area contributed by atoms with Crippen LogP contribution in [0.15, 0.2) is 41.0 Å². The molecule has 94 valence electrons. The van der Waals surface area contributed by atoms with E-state index < -0.39 is 0 Å². The summed E-state index contributed by atoms with van der Waals surface area (Å²) >= 11 is 3.41. The second kappa shape index (κ2) is 5.48. The lowest BCUT2D eigenvalue weighted by molar-refractivity contribution is 0.633. The van der Waals surface area contributed by atoms with Gasteiger partial charge in [0.05, 0.1) is 6.04 Å². The summed E-state index contributed by atoms with van der Waals surface area (Å²) in [5, 5.41) is 0. The smallest absolute Gasteiger partial charge is 0.128 e. The Hall–Kier alpha value is -1.43. The number of nitrogen functional groups attached to an aromatic ring is 1. The minimum Gasteiger partial charge on any atom is -0.383 e. The number of aryl methyl sites for hydroxylation is 1. The van der Waals surface area contributed by atoms with Crippen LogP contribution in [0.3, 0.4) is 0 Å². The van der Waals surface area contributed by atoms with E-state index in [9.17, 15) is 0 Å². The predicted molar refractivity (Wildman–Crippen MR) is 76.7 cm³/mol. The van der Waals surface area contributed by atoms with Crippen LogP contribution in [-0.2, 0) is 0 Å². The zero-order chi connectivity index (χ0) is 13.1. The van der Waals surface area contributed by atoms with Crippen molar-refractivity contribution in [3.8, 4) is 0 Å². The van der Waals surface area contributed by atoms with Crippen LogP contribution in [0.2, 0.25) is 0 Å². The first kappa shape index (κ1) is 13.0. The molecule has 0 aliphatic rings. The molecular weight excluding hydrogens is 292 g/mol. The summed E-state index contributed by atoms with van der Waals surface area (Å²) < 4.78 is 1.03. The van der Waals surface area contributed by atoms with Crippen LogP contribution in [0.25, 0.3) is 0 Å². The summed E-state index contributed by atoms with van der Waals surface area (Å²) in [6.07, 6.45) is 1.70. The van der Waals surface area contributed by atoms with E-state index >= 15 is 0 Å². The molecule has 5 heteroatoms. The molecule has 4 nitrogen and oxygen atoms in total. The Labute approximate surface area is 115 Å². The largest absolute Gasteiger partial charge is 0.383 e. The van der Waals surface area contributed by atoms with Crippen molar-refractivity contribution in [1.82, 2.24) is 10.4 Å². The average molecular weight is 307 g/mol. The van der Waals surface area contributed by atoms with Gasteiger partial charge in [-0.05, 0) is 36.2 Å². The van der Waals surface area contributed by atoms with Crippen LogP contribution >= 0.6 is 15.9 Å². The number of nitrogens with one attached hydrogen (secondary N) is 1. The van der Waals surface area contributed by atoms with Crippen molar-refractivity contribution in [3.05, 3.63) is 57.7 Å². The molecule has 1 unspecified atom stereocenters. The lowest BCUT2D eigenvalue weighted by Gasteiger charge is -2.20. The second-order valence-electron chi connectivity index (χ2n) is 4.08. The monoisotopic (exact) mass is 306 g/mol. The topological polar surface area (TPSA) is 77.0 Å². The molecule has 2 aromatic rings. The number of nitrogens with zero attached hydrogens (tertiary/aromatic N) is 1. The molecule has 1 heterocycles. The first-order valence-electron chi connectivity index (χ1n) is 5.56. The van der Waals surface area contributed by atoms with Crippen LogP contribution in [0, 0.1) is 6.92 Å². The number of nitrogens with two attached hydrogens (primary N) is 2. The molecule has 0 spiro atoms. The Morgan fingerprint density at radius 2 is 1.89 bits per heavy atom. The fraction of sp³-hybridized carbons (Fsp3) is 0.154. The van der Waals surface area contributed by atoms with Crippen molar-refractivity contribution >= 4 is 21.7 Å². The zero-order valence-corrected chi connectivity index (χ0v) is 11.6. The van der Waals surface area contributed by atoms with E-state index in [4.69, 9.17) is 11.6 Å². The molecule has 1 aromatic carbocycles. The Balaban J connectivity index is 2.48. The molecule has 0 amide bonds. The third kappa shape index (κ3) is 2.53. The maximum atomic E-state index is 5.95. The van der Waals surface area contributed by atoms with Crippen LogP contribution in [0.4, 0.5) is 5.82 Å². The number of hydrazine groups is 1. The second-order valence-corrected chi connectivity index (χ2v) is 4.99. The quantitative estimate of drug-likeness (QED) is 0.600. The van der Waals surface area contributed by atoms with Gasteiger partial charge in [0.2, 0.25) is 0 Å². The summed E-state index contributed by atoms with van der Waals surface area (Å²) in [6, 6.07) is 9.71. The maximum absolute atomic E-state index is 5.95. The minimum absolute atomic E-state index is 0.160. The third-order valence-electron chi connectivity index (χ3n) is 2.90. The van der Waals surface area contributed by atoms with Gasteiger partial charge >= 0.3 is 0 Å². The lowest BCUT2D eigenvalue weighted by atomic mass is 9.96. The van der Waals surface area contributed by atoms with Gasteiger partial charge in [0, 0.05) is 16.2 Å². The minimum atomic E-state index is -0.160. The number of hydrogen-bond donors (Lipinski definition) is 3. The number of aromatic nitrogens is 1. The van der Waals surface area contributed by atoms with E-state index in [1.807, 2.05) is 37.3 Å². The molecule has 2 rings (SSSR count). The number of anilines is 1. The van der Waals surface area contributed by atoms with Gasteiger partial charge < -0.3 is 5.73 Å². The Morgan fingerprint density at radius 3 is 2.44 bits per heavy atom. The van der Waals surface area contributed by atoms with E-state index in [1.54, 1.807) is 6.20 Å². The molecule has 18 heavy (non-hydrogen) atoms. The molecule has 0 saturated heterocycles. The standard InChI is InChI=1S/C13H15BrN4/c1-8-6-7-17-13(15)11(8)12(18-16)9-2-4-10(14)5-3-9/h2-7,12,18H,16H2,1H3,(H2,15,17). The number of pyridine rings is 1. The summed E-state index contributed by atoms with van der Waals surface area (Å²) in [5.74, 6) is 6.17. The molecule has 0 fully saturated rings.